The molecule has 3 rings (SSSR count). The summed E-state index contributed by atoms with van der Waals surface area (Å²) in [5.41, 5.74) is 4.22. The molecular formula is C11H16FN5O9P2. The molecule has 17 heteroatoms. The van der Waals surface area contributed by atoms with Crippen LogP contribution in [0, 0.1) is 0 Å². The first-order valence-corrected chi connectivity index (χ1v) is 11.0. The highest BCUT2D eigenvalue weighted by molar-refractivity contribution is 7.59. The predicted octanol–water partition coefficient (Wildman–Crippen LogP) is -2.65. The van der Waals surface area contributed by atoms with E-state index < -0.39 is 63.4 Å². The van der Waals surface area contributed by atoms with E-state index in [-0.39, 0.29) is 11.2 Å². The maximum atomic E-state index is 14.6. The van der Waals surface area contributed by atoms with Crippen LogP contribution in [0.25, 0.3) is 11.2 Å². The van der Waals surface area contributed by atoms with Crippen molar-refractivity contribution in [3.63, 3.8) is 0 Å². The van der Waals surface area contributed by atoms with Gasteiger partial charge in [0.15, 0.2) is 23.9 Å². The molecule has 3 heterocycles. The van der Waals surface area contributed by atoms with Gasteiger partial charge in [0.2, 0.25) is 5.57 Å². The molecule has 5 atom stereocenters. The van der Waals surface area contributed by atoms with Crippen LogP contribution in [0.5, 0.6) is 0 Å². The molecule has 0 spiro atoms. The molecule has 1 saturated heterocycles. The number of hydrogen-bond acceptors (Lipinski definition) is 9. The van der Waals surface area contributed by atoms with Gasteiger partial charge in [-0.1, -0.05) is 0 Å². The highest BCUT2D eigenvalue weighted by Gasteiger charge is 2.49. The van der Waals surface area contributed by atoms with Crippen molar-refractivity contribution in [1.29, 1.82) is 0 Å². The molecule has 8 N–H and O–H groups in total. The second kappa shape index (κ2) is 7.06. The molecule has 1 fully saturated rings. The van der Waals surface area contributed by atoms with Gasteiger partial charge in [0.1, 0.15) is 17.7 Å². The summed E-state index contributed by atoms with van der Waals surface area (Å²) >= 11 is 0. The first kappa shape index (κ1) is 21.2. The molecule has 156 valence electrons. The summed E-state index contributed by atoms with van der Waals surface area (Å²) < 4.78 is 43.1. The number of fused-ring (bicyclic) bond motifs is 1. The number of aliphatic hydroxyl groups excluding tert-OH is 2. The third kappa shape index (κ3) is 3.94. The lowest BCUT2D eigenvalue weighted by Crippen LogP contribution is -2.39. The molecule has 14 nitrogen and oxygen atoms in total. The summed E-state index contributed by atoms with van der Waals surface area (Å²) in [6.45, 7) is 0. The largest absolute Gasteiger partial charge is 0.393 e. The van der Waals surface area contributed by atoms with Crippen LogP contribution in [0.2, 0.25) is 0 Å². The van der Waals surface area contributed by atoms with Crippen molar-refractivity contribution in [3.8, 4) is 0 Å². The van der Waals surface area contributed by atoms with Crippen molar-refractivity contribution in [1.82, 2.24) is 19.5 Å². The van der Waals surface area contributed by atoms with Crippen molar-refractivity contribution in [2.75, 3.05) is 11.9 Å². The van der Waals surface area contributed by atoms with Gasteiger partial charge in [-0.05, 0) is 0 Å². The molecular weight excluding hydrogens is 427 g/mol. The summed E-state index contributed by atoms with van der Waals surface area (Å²) in [5.74, 6) is -0.394. The lowest BCUT2D eigenvalue weighted by atomic mass is 10.1. The number of alkyl halides is 1. The van der Waals surface area contributed by atoms with Gasteiger partial charge in [0.05, 0.1) is 18.6 Å². The zero-order valence-corrected chi connectivity index (χ0v) is 15.5. The summed E-state index contributed by atoms with van der Waals surface area (Å²) in [5, 5.41) is 19.9. The second-order valence-electron chi connectivity index (χ2n) is 6.12. The summed E-state index contributed by atoms with van der Waals surface area (Å²) in [6, 6.07) is 0. The molecule has 1 aliphatic rings. The Morgan fingerprint density at radius 2 is 1.93 bits per heavy atom. The fourth-order valence-electron chi connectivity index (χ4n) is 2.79. The van der Waals surface area contributed by atoms with Crippen LogP contribution in [0.3, 0.4) is 0 Å². The summed E-state index contributed by atoms with van der Waals surface area (Å²) in [7, 11) is -9.59. The Morgan fingerprint density at radius 3 is 2.50 bits per heavy atom. The Morgan fingerprint density at radius 1 is 1.29 bits per heavy atom. The van der Waals surface area contributed by atoms with E-state index in [1.54, 1.807) is 0 Å². The van der Waals surface area contributed by atoms with Gasteiger partial charge in [-0.2, -0.15) is 0 Å². The quantitative estimate of drug-likeness (QED) is 0.234. The molecule has 0 bridgehead atoms. The topological polar surface area (TPSA) is 234 Å². The SMILES string of the molecule is Nc1nc(P(=O)(O)O)nc2c1ncn2[C@@H]1O[C@H](C(O)CP(=O)(O)O)[C@@H](O)[C@H]1F. The number of nitrogens with zero attached hydrogens (tertiary/aromatic N) is 4. The molecule has 28 heavy (non-hydrogen) atoms. The lowest BCUT2D eigenvalue weighted by Gasteiger charge is -2.21. The minimum absolute atomic E-state index is 0.123. The molecule has 1 aliphatic heterocycles. The number of aliphatic hydroxyl groups is 2. The maximum Gasteiger partial charge on any atom is 0.393 e. The van der Waals surface area contributed by atoms with E-state index in [9.17, 15) is 33.5 Å². The van der Waals surface area contributed by atoms with E-state index in [1.807, 2.05) is 0 Å². The van der Waals surface area contributed by atoms with E-state index >= 15 is 0 Å². The Labute approximate surface area is 155 Å². The normalized spacial score (nSPS) is 27.4. The number of nitrogens with two attached hydrogens (primary N) is 1. The number of hydrogen-bond donors (Lipinski definition) is 7. The third-order valence-corrected chi connectivity index (χ3v) is 5.58. The summed E-state index contributed by atoms with van der Waals surface area (Å²) in [6.07, 6.45) is -9.50. The molecule has 0 saturated carbocycles. The molecule has 0 amide bonds. The van der Waals surface area contributed by atoms with Gasteiger partial charge in [0, 0.05) is 0 Å². The zero-order chi connectivity index (χ0) is 21.0. The van der Waals surface area contributed by atoms with Gasteiger partial charge in [0.25, 0.3) is 0 Å². The van der Waals surface area contributed by atoms with Crippen molar-refractivity contribution in [2.45, 2.75) is 30.7 Å². The van der Waals surface area contributed by atoms with Gasteiger partial charge < -0.3 is 40.3 Å². The highest BCUT2D eigenvalue weighted by Crippen LogP contribution is 2.41. The molecule has 1 unspecified atom stereocenters. The minimum Gasteiger partial charge on any atom is -0.390 e. The van der Waals surface area contributed by atoms with Crippen LogP contribution in [0.1, 0.15) is 6.23 Å². The van der Waals surface area contributed by atoms with Crippen molar-refractivity contribution in [3.05, 3.63) is 6.33 Å². The lowest BCUT2D eigenvalue weighted by molar-refractivity contribution is -0.0760. The van der Waals surface area contributed by atoms with Crippen LogP contribution in [0.15, 0.2) is 6.33 Å². The number of anilines is 1. The average molecular weight is 443 g/mol. The highest BCUT2D eigenvalue weighted by atomic mass is 31.2. The number of ether oxygens (including phenoxy) is 1. The smallest absolute Gasteiger partial charge is 0.390 e. The van der Waals surface area contributed by atoms with Crippen molar-refractivity contribution < 1.29 is 48.0 Å². The Hall–Kier alpha value is -1.54. The number of imidazole rings is 1. The molecule has 2 aromatic rings. The number of halogens is 1. The van der Waals surface area contributed by atoms with Gasteiger partial charge in [-0.15, -0.1) is 0 Å². The molecule has 0 aromatic carbocycles. The monoisotopic (exact) mass is 443 g/mol. The van der Waals surface area contributed by atoms with E-state index in [2.05, 4.69) is 15.0 Å². The van der Waals surface area contributed by atoms with Gasteiger partial charge >= 0.3 is 15.2 Å². The van der Waals surface area contributed by atoms with Gasteiger partial charge in [-0.3, -0.25) is 13.7 Å². The van der Waals surface area contributed by atoms with Crippen LogP contribution in [-0.4, -0.2) is 80.0 Å². The van der Waals surface area contributed by atoms with E-state index in [1.165, 1.54) is 0 Å². The van der Waals surface area contributed by atoms with Crippen LogP contribution in [-0.2, 0) is 13.9 Å². The molecule has 0 radical (unpaired) electrons. The summed E-state index contributed by atoms with van der Waals surface area (Å²) in [4.78, 5) is 47.2. The minimum atomic E-state index is -4.91. The second-order valence-corrected chi connectivity index (χ2v) is 9.30. The zero-order valence-electron chi connectivity index (χ0n) is 13.7. The molecule has 2 aromatic heterocycles. The van der Waals surface area contributed by atoms with Crippen LogP contribution >= 0.6 is 15.2 Å². The van der Waals surface area contributed by atoms with Crippen LogP contribution in [0.4, 0.5) is 10.2 Å². The fourth-order valence-corrected chi connectivity index (χ4v) is 3.95. The Bertz CT molecular complexity index is 992. The van der Waals surface area contributed by atoms with Crippen LogP contribution < -0.4 is 11.3 Å². The molecule has 0 aliphatic carbocycles. The third-order valence-electron chi connectivity index (χ3n) is 4.01. The van der Waals surface area contributed by atoms with E-state index in [0.29, 0.717) is 0 Å². The number of aromatic nitrogens is 4. The van der Waals surface area contributed by atoms with E-state index in [4.69, 9.17) is 20.3 Å². The standard InChI is InChI=1S/C11H16FN5O9P2/c12-4-6(19)7(3(18)1-27(20,21)22)26-10(4)17-2-14-5-8(13)15-11(16-9(5)17)28(23,24)25/h2-4,6-7,10,18-19H,1H2,(H2,13,15,16)(H2,20,21,22)(H2,23,24,25)/t3?,4-,6+,7-,10-/m1/s1. The number of nitrogen functional groups attached to an aromatic ring is 1. The maximum absolute atomic E-state index is 14.6. The van der Waals surface area contributed by atoms with E-state index in [0.717, 1.165) is 10.9 Å². The van der Waals surface area contributed by atoms with Crippen molar-refractivity contribution in [2.24, 2.45) is 0 Å². The fraction of sp³-hybridized carbons (Fsp3) is 0.545. The average Bonchev–Trinajstić information content (AvgIpc) is 3.08. The van der Waals surface area contributed by atoms with Gasteiger partial charge in [-0.25, -0.2) is 19.3 Å². The Kier molecular flexibility index (Phi) is 5.34. The number of rotatable bonds is 5. The first-order valence-electron chi connectivity index (χ1n) is 7.56. The predicted molar refractivity (Wildman–Crippen MR) is 89.1 cm³/mol. The first-order chi connectivity index (χ1) is 12.8. The van der Waals surface area contributed by atoms with Crippen molar-refractivity contribution >= 4 is 37.7 Å². The Balaban J connectivity index is 1.99.